The van der Waals surface area contributed by atoms with Crippen molar-refractivity contribution >= 4 is 50.8 Å². The number of hydrogen-bond acceptors (Lipinski definition) is 9. The summed E-state index contributed by atoms with van der Waals surface area (Å²) in [6, 6.07) is 19.1. The van der Waals surface area contributed by atoms with Crippen LogP contribution in [0.1, 0.15) is 6.92 Å². The van der Waals surface area contributed by atoms with E-state index < -0.39 is 4.92 Å². The quantitative estimate of drug-likeness (QED) is 0.161. The van der Waals surface area contributed by atoms with E-state index in [0.717, 1.165) is 5.39 Å². The normalized spacial score (nSPS) is 11.3. The van der Waals surface area contributed by atoms with Crippen LogP contribution in [0.3, 0.4) is 0 Å². The van der Waals surface area contributed by atoms with Crippen molar-refractivity contribution in [2.45, 2.75) is 6.92 Å². The monoisotopic (exact) mass is 484 g/mol. The topological polar surface area (TPSA) is 151 Å². The van der Waals surface area contributed by atoms with Crippen LogP contribution in [-0.2, 0) is 4.79 Å². The molecule has 11 nitrogen and oxygen atoms in total. The summed E-state index contributed by atoms with van der Waals surface area (Å²) in [6.45, 7) is 1.35. The minimum atomic E-state index is -0.505. The lowest BCUT2D eigenvalue weighted by Gasteiger charge is -2.10. The number of phenolic OH excluding ortho intramolecular Hbond substituents is 1. The molecule has 0 spiro atoms. The summed E-state index contributed by atoms with van der Waals surface area (Å²) in [6.07, 6.45) is 0. The van der Waals surface area contributed by atoms with Crippen LogP contribution < -0.4 is 10.1 Å². The molecular formula is C25H20N6O5. The molecule has 4 rings (SSSR count). The van der Waals surface area contributed by atoms with Crippen LogP contribution in [0, 0.1) is 10.1 Å². The van der Waals surface area contributed by atoms with E-state index in [4.69, 9.17) is 4.74 Å². The zero-order chi connectivity index (χ0) is 25.7. The van der Waals surface area contributed by atoms with Gasteiger partial charge in [-0.3, -0.25) is 14.9 Å². The van der Waals surface area contributed by atoms with Gasteiger partial charge in [0, 0.05) is 35.9 Å². The zero-order valence-electron chi connectivity index (χ0n) is 19.2. The molecule has 0 saturated carbocycles. The molecule has 0 heterocycles. The van der Waals surface area contributed by atoms with Crippen molar-refractivity contribution in [3.8, 4) is 11.5 Å². The molecule has 0 unspecified atom stereocenters. The molecule has 11 heteroatoms. The molecule has 0 atom stereocenters. The number of amides is 1. The van der Waals surface area contributed by atoms with Gasteiger partial charge in [0.1, 0.15) is 22.9 Å². The van der Waals surface area contributed by atoms with E-state index in [1.807, 2.05) is 18.2 Å². The lowest BCUT2D eigenvalue weighted by atomic mass is 10.1. The molecule has 0 radical (unpaired) electrons. The van der Waals surface area contributed by atoms with Gasteiger partial charge < -0.3 is 15.2 Å². The fraction of sp³-hybridized carbons (Fsp3) is 0.0800. The summed E-state index contributed by atoms with van der Waals surface area (Å²) in [5.74, 6) is 0.130. The van der Waals surface area contributed by atoms with Gasteiger partial charge in [-0.1, -0.05) is 24.3 Å². The van der Waals surface area contributed by atoms with Gasteiger partial charge in [0.15, 0.2) is 0 Å². The minimum Gasteiger partial charge on any atom is -0.507 e. The number of aromatic hydroxyl groups is 1. The molecule has 0 aromatic heterocycles. The maximum atomic E-state index is 11.8. The fourth-order valence-electron chi connectivity index (χ4n) is 3.39. The number of phenols is 1. The summed E-state index contributed by atoms with van der Waals surface area (Å²) < 4.78 is 5.45. The van der Waals surface area contributed by atoms with Crippen molar-refractivity contribution < 1.29 is 19.6 Å². The Morgan fingerprint density at radius 2 is 1.56 bits per heavy atom. The molecule has 4 aromatic rings. The van der Waals surface area contributed by atoms with Crippen LogP contribution in [0.5, 0.6) is 11.5 Å². The number of anilines is 1. The molecular weight excluding hydrogens is 464 g/mol. The van der Waals surface area contributed by atoms with Gasteiger partial charge in [0.2, 0.25) is 5.91 Å². The summed E-state index contributed by atoms with van der Waals surface area (Å²) in [7, 11) is 1.46. The van der Waals surface area contributed by atoms with Crippen molar-refractivity contribution in [3.05, 3.63) is 82.9 Å². The first kappa shape index (κ1) is 24.0. The van der Waals surface area contributed by atoms with Gasteiger partial charge in [-0.25, -0.2) is 0 Å². The average Bonchev–Trinajstić information content (AvgIpc) is 2.87. The molecule has 36 heavy (non-hydrogen) atoms. The number of hydrogen-bond donors (Lipinski definition) is 2. The van der Waals surface area contributed by atoms with Crippen molar-refractivity contribution in [2.24, 2.45) is 20.5 Å². The Bertz CT molecular complexity index is 1520. The Kier molecular flexibility index (Phi) is 6.91. The summed E-state index contributed by atoms with van der Waals surface area (Å²) >= 11 is 0. The standard InChI is InChI=1S/C25H20N6O5/c1-15(32)26-21-13-23(30-28-20-11-12-24(33)19-6-4-3-5-18(19)20)25(36-2)14-22(21)29-27-16-7-9-17(10-8-16)31(34)35/h3-14,33H,1-2H3,(H,26,32). The van der Waals surface area contributed by atoms with Crippen molar-refractivity contribution in [1.82, 2.24) is 0 Å². The third-order valence-electron chi connectivity index (χ3n) is 5.09. The highest BCUT2D eigenvalue weighted by molar-refractivity contribution is 5.96. The second-order valence-electron chi connectivity index (χ2n) is 7.55. The number of fused-ring (bicyclic) bond motifs is 1. The lowest BCUT2D eigenvalue weighted by molar-refractivity contribution is -0.384. The van der Waals surface area contributed by atoms with Gasteiger partial charge >= 0.3 is 0 Å². The largest absolute Gasteiger partial charge is 0.507 e. The Hall–Kier alpha value is -5.19. The van der Waals surface area contributed by atoms with Crippen LogP contribution in [0.25, 0.3) is 10.8 Å². The Morgan fingerprint density at radius 3 is 2.22 bits per heavy atom. The second-order valence-corrected chi connectivity index (χ2v) is 7.55. The predicted molar refractivity (Wildman–Crippen MR) is 134 cm³/mol. The average molecular weight is 484 g/mol. The van der Waals surface area contributed by atoms with Crippen molar-refractivity contribution in [3.63, 3.8) is 0 Å². The van der Waals surface area contributed by atoms with E-state index in [1.165, 1.54) is 38.3 Å². The maximum Gasteiger partial charge on any atom is 0.269 e. The van der Waals surface area contributed by atoms with Crippen LogP contribution in [0.2, 0.25) is 0 Å². The van der Waals surface area contributed by atoms with E-state index in [1.54, 1.807) is 30.3 Å². The van der Waals surface area contributed by atoms with Gasteiger partial charge in [-0.05, 0) is 30.3 Å². The van der Waals surface area contributed by atoms with Crippen LogP contribution in [0.15, 0.2) is 93.3 Å². The zero-order valence-corrected chi connectivity index (χ0v) is 19.2. The predicted octanol–water partition coefficient (Wildman–Crippen LogP) is 7.25. The fourth-order valence-corrected chi connectivity index (χ4v) is 3.39. The number of ether oxygens (including phenoxy) is 1. The molecule has 180 valence electrons. The summed E-state index contributed by atoms with van der Waals surface area (Å²) in [5, 5.41) is 41.9. The minimum absolute atomic E-state index is 0.0642. The smallest absolute Gasteiger partial charge is 0.269 e. The van der Waals surface area contributed by atoms with E-state index in [-0.39, 0.29) is 23.0 Å². The third-order valence-corrected chi connectivity index (χ3v) is 5.09. The maximum absolute atomic E-state index is 11.8. The van der Waals surface area contributed by atoms with Crippen molar-refractivity contribution in [2.75, 3.05) is 12.4 Å². The number of nitrogens with zero attached hydrogens (tertiary/aromatic N) is 5. The van der Waals surface area contributed by atoms with Crippen molar-refractivity contribution in [1.29, 1.82) is 0 Å². The number of nitro groups is 1. The first-order valence-electron chi connectivity index (χ1n) is 10.6. The van der Waals surface area contributed by atoms with E-state index >= 15 is 0 Å². The molecule has 2 N–H and O–H groups in total. The highest BCUT2D eigenvalue weighted by Gasteiger charge is 2.13. The number of non-ortho nitro benzene ring substituents is 1. The molecule has 0 bridgehead atoms. The van der Waals surface area contributed by atoms with Crippen LogP contribution >= 0.6 is 0 Å². The molecule has 0 aliphatic heterocycles. The molecule has 1 amide bonds. The highest BCUT2D eigenvalue weighted by Crippen LogP contribution is 2.41. The summed E-state index contributed by atoms with van der Waals surface area (Å²) in [4.78, 5) is 22.1. The van der Waals surface area contributed by atoms with E-state index in [0.29, 0.717) is 33.9 Å². The molecule has 0 aliphatic carbocycles. The first-order chi connectivity index (χ1) is 17.4. The number of nitrogens with one attached hydrogen (secondary N) is 1. The molecule has 4 aromatic carbocycles. The van der Waals surface area contributed by atoms with Gasteiger partial charge in [0.05, 0.1) is 29.1 Å². The van der Waals surface area contributed by atoms with Crippen LogP contribution in [0.4, 0.5) is 34.1 Å². The Labute approximate surface area is 204 Å². The molecule has 0 fully saturated rings. The highest BCUT2D eigenvalue weighted by atomic mass is 16.6. The van der Waals surface area contributed by atoms with E-state index in [9.17, 15) is 20.0 Å². The third kappa shape index (κ3) is 5.30. The number of methoxy groups -OCH3 is 1. The number of nitro benzene ring substituents is 1. The molecule has 0 aliphatic rings. The van der Waals surface area contributed by atoms with E-state index in [2.05, 4.69) is 25.8 Å². The summed E-state index contributed by atoms with van der Waals surface area (Å²) in [5.41, 5.74) is 1.79. The Balaban J connectivity index is 1.71. The lowest BCUT2D eigenvalue weighted by Crippen LogP contribution is -2.05. The number of rotatable bonds is 7. The Morgan fingerprint density at radius 1 is 0.889 bits per heavy atom. The van der Waals surface area contributed by atoms with Gasteiger partial charge in [0.25, 0.3) is 5.69 Å². The number of azo groups is 2. The van der Waals surface area contributed by atoms with Gasteiger partial charge in [-0.15, -0.1) is 15.3 Å². The van der Waals surface area contributed by atoms with Crippen LogP contribution in [-0.4, -0.2) is 23.0 Å². The second kappa shape index (κ2) is 10.4. The van der Waals surface area contributed by atoms with Gasteiger partial charge in [-0.2, -0.15) is 5.11 Å². The molecule has 0 saturated heterocycles. The first-order valence-corrected chi connectivity index (χ1v) is 10.6. The number of benzene rings is 4. The number of carbonyl (C=O) groups is 1. The number of carbonyl (C=O) groups excluding carboxylic acids is 1. The SMILES string of the molecule is COc1cc(N=Nc2ccc([N+](=O)[O-])cc2)c(NC(C)=O)cc1N=Nc1ccc(O)c2ccccc12.